The molecule has 1 saturated heterocycles. The third kappa shape index (κ3) is 7.32. The molecule has 1 aromatic carbocycles. The fourth-order valence-corrected chi connectivity index (χ4v) is 3.87. The average Bonchev–Trinajstić information content (AvgIpc) is 2.84. The lowest BCUT2D eigenvalue weighted by atomic mass is 10.1. The van der Waals surface area contributed by atoms with Crippen LogP contribution in [0.4, 0.5) is 5.82 Å². The molecule has 178 valence electrons. The summed E-state index contributed by atoms with van der Waals surface area (Å²) >= 11 is 12.2. The van der Waals surface area contributed by atoms with E-state index >= 15 is 0 Å². The van der Waals surface area contributed by atoms with Gasteiger partial charge in [0.1, 0.15) is 5.82 Å². The maximum Gasteiger partial charge on any atom is 0.255 e. The highest BCUT2D eigenvalue weighted by Crippen LogP contribution is 2.23. The van der Waals surface area contributed by atoms with Crippen molar-refractivity contribution in [3.05, 3.63) is 57.7 Å². The monoisotopic (exact) mass is 492 g/mol. The molecule has 0 unspecified atom stereocenters. The number of hydrogen-bond donors (Lipinski definition) is 1. The van der Waals surface area contributed by atoms with Crippen molar-refractivity contribution in [3.63, 3.8) is 0 Å². The minimum Gasteiger partial charge on any atom is -0.381 e. The normalized spacial score (nSPS) is 13.8. The number of benzene rings is 1. The minimum absolute atomic E-state index is 0.127. The largest absolute Gasteiger partial charge is 0.381 e. The first kappa shape index (κ1) is 25.3. The van der Waals surface area contributed by atoms with Gasteiger partial charge in [-0.2, -0.15) is 0 Å². The van der Waals surface area contributed by atoms with Gasteiger partial charge >= 0.3 is 0 Å². The fourth-order valence-electron chi connectivity index (χ4n) is 3.50. The van der Waals surface area contributed by atoms with Crippen LogP contribution in [0.2, 0.25) is 10.0 Å². The van der Waals surface area contributed by atoms with Gasteiger partial charge in [-0.25, -0.2) is 4.98 Å². The standard InChI is InChI=1S/C24H30Cl2N4O3/c1-2-3-14-33-15-4-9-27-23(31)18-5-8-22(28-17-18)29-10-12-30(13-11-29)24(32)20-16-19(25)6-7-21(20)26/h5-8,16-17H,2-4,9-15H2,1H3,(H,27,31). The molecule has 1 aliphatic heterocycles. The van der Waals surface area contributed by atoms with Gasteiger partial charge in [-0.1, -0.05) is 36.5 Å². The summed E-state index contributed by atoms with van der Waals surface area (Å²) in [6, 6.07) is 8.52. The Morgan fingerprint density at radius 2 is 1.82 bits per heavy atom. The number of hydrogen-bond acceptors (Lipinski definition) is 5. The van der Waals surface area contributed by atoms with Gasteiger partial charge in [0.05, 0.1) is 16.1 Å². The number of pyridine rings is 1. The molecule has 33 heavy (non-hydrogen) atoms. The predicted molar refractivity (Wildman–Crippen MR) is 131 cm³/mol. The number of aromatic nitrogens is 1. The number of rotatable bonds is 10. The van der Waals surface area contributed by atoms with Crippen LogP contribution in [-0.4, -0.2) is 67.6 Å². The molecule has 1 aliphatic rings. The highest BCUT2D eigenvalue weighted by Gasteiger charge is 2.24. The number of ether oxygens (including phenoxy) is 1. The van der Waals surface area contributed by atoms with Crippen molar-refractivity contribution < 1.29 is 14.3 Å². The van der Waals surface area contributed by atoms with Crippen LogP contribution in [0.1, 0.15) is 46.9 Å². The molecule has 2 aromatic rings. The quantitative estimate of drug-likeness (QED) is 0.500. The number of carbonyl (C=O) groups is 2. The number of piperazine rings is 1. The van der Waals surface area contributed by atoms with E-state index in [9.17, 15) is 9.59 Å². The Hall–Kier alpha value is -2.35. The Bertz CT molecular complexity index is 932. The average molecular weight is 493 g/mol. The lowest BCUT2D eigenvalue weighted by molar-refractivity contribution is 0.0746. The fraction of sp³-hybridized carbons (Fsp3) is 0.458. The van der Waals surface area contributed by atoms with Crippen LogP contribution in [0.5, 0.6) is 0 Å². The van der Waals surface area contributed by atoms with Gasteiger partial charge in [0.2, 0.25) is 0 Å². The number of anilines is 1. The Morgan fingerprint density at radius 3 is 2.52 bits per heavy atom. The molecule has 0 aliphatic carbocycles. The minimum atomic E-state index is -0.142. The summed E-state index contributed by atoms with van der Waals surface area (Å²) in [5.74, 6) is 0.512. The molecule has 9 heteroatoms. The van der Waals surface area contributed by atoms with Crippen molar-refractivity contribution >= 4 is 40.8 Å². The summed E-state index contributed by atoms with van der Waals surface area (Å²) in [6.45, 7) is 6.49. The summed E-state index contributed by atoms with van der Waals surface area (Å²) < 4.78 is 5.50. The number of carbonyl (C=O) groups excluding carboxylic acids is 2. The van der Waals surface area contributed by atoms with Crippen LogP contribution >= 0.6 is 23.2 Å². The van der Waals surface area contributed by atoms with Gasteiger partial charge < -0.3 is 19.9 Å². The number of nitrogens with one attached hydrogen (secondary N) is 1. The first-order valence-corrected chi connectivity index (χ1v) is 12.1. The number of halogens is 2. The molecule has 7 nitrogen and oxygen atoms in total. The zero-order chi connectivity index (χ0) is 23.6. The van der Waals surface area contributed by atoms with Crippen LogP contribution in [0.15, 0.2) is 36.5 Å². The summed E-state index contributed by atoms with van der Waals surface area (Å²) in [6.07, 6.45) is 4.55. The highest BCUT2D eigenvalue weighted by molar-refractivity contribution is 6.35. The SMILES string of the molecule is CCCCOCCCNC(=O)c1ccc(N2CCN(C(=O)c3cc(Cl)ccc3Cl)CC2)nc1. The van der Waals surface area contributed by atoms with Crippen molar-refractivity contribution in [1.29, 1.82) is 0 Å². The lowest BCUT2D eigenvalue weighted by Crippen LogP contribution is -2.49. The van der Waals surface area contributed by atoms with E-state index in [2.05, 4.69) is 22.1 Å². The first-order chi connectivity index (χ1) is 16.0. The van der Waals surface area contributed by atoms with E-state index in [1.807, 2.05) is 6.07 Å². The van der Waals surface area contributed by atoms with Crippen LogP contribution in [0.3, 0.4) is 0 Å². The van der Waals surface area contributed by atoms with Crippen LogP contribution in [0, 0.1) is 0 Å². The van der Waals surface area contributed by atoms with Gasteiger partial charge in [0.25, 0.3) is 11.8 Å². The number of amides is 2. The maximum absolute atomic E-state index is 12.8. The summed E-state index contributed by atoms with van der Waals surface area (Å²) in [7, 11) is 0. The van der Waals surface area contributed by atoms with E-state index in [0.29, 0.717) is 60.5 Å². The molecule has 0 saturated carbocycles. The molecule has 3 rings (SSSR count). The molecule has 0 atom stereocenters. The van der Waals surface area contributed by atoms with E-state index in [4.69, 9.17) is 27.9 Å². The Balaban J connectivity index is 1.45. The summed E-state index contributed by atoms with van der Waals surface area (Å²) in [5, 5.41) is 3.77. The summed E-state index contributed by atoms with van der Waals surface area (Å²) in [4.78, 5) is 33.4. The number of unbranched alkanes of at least 4 members (excludes halogenated alkanes) is 1. The second-order valence-corrected chi connectivity index (χ2v) is 8.73. The van der Waals surface area contributed by atoms with Crippen molar-refractivity contribution in [2.75, 3.05) is 50.8 Å². The van der Waals surface area contributed by atoms with E-state index < -0.39 is 0 Å². The molecule has 2 amide bonds. The molecule has 0 bridgehead atoms. The molecule has 1 fully saturated rings. The zero-order valence-electron chi connectivity index (χ0n) is 18.9. The van der Waals surface area contributed by atoms with Gasteiger partial charge in [-0.05, 0) is 43.2 Å². The smallest absolute Gasteiger partial charge is 0.255 e. The Kier molecular flexibility index (Phi) is 9.78. The van der Waals surface area contributed by atoms with Crippen molar-refractivity contribution in [3.8, 4) is 0 Å². The molecular weight excluding hydrogens is 463 g/mol. The second-order valence-electron chi connectivity index (χ2n) is 7.88. The lowest BCUT2D eigenvalue weighted by Gasteiger charge is -2.35. The molecule has 1 N–H and O–H groups in total. The van der Waals surface area contributed by atoms with E-state index in [0.717, 1.165) is 31.7 Å². The highest BCUT2D eigenvalue weighted by atomic mass is 35.5. The second kappa shape index (κ2) is 12.8. The van der Waals surface area contributed by atoms with Crippen LogP contribution < -0.4 is 10.2 Å². The third-order valence-electron chi connectivity index (χ3n) is 5.45. The van der Waals surface area contributed by atoms with Crippen LogP contribution in [0.25, 0.3) is 0 Å². The third-order valence-corrected chi connectivity index (χ3v) is 6.02. The molecule has 2 heterocycles. The maximum atomic E-state index is 12.8. The van der Waals surface area contributed by atoms with Gasteiger partial charge in [0.15, 0.2) is 0 Å². The molecule has 0 radical (unpaired) electrons. The Morgan fingerprint density at radius 1 is 1.06 bits per heavy atom. The van der Waals surface area contributed by atoms with Crippen molar-refractivity contribution in [2.45, 2.75) is 26.2 Å². The topological polar surface area (TPSA) is 74.8 Å². The summed E-state index contributed by atoms with van der Waals surface area (Å²) in [5.41, 5.74) is 0.939. The molecular formula is C24H30Cl2N4O3. The van der Waals surface area contributed by atoms with Gasteiger partial charge in [-0.3, -0.25) is 9.59 Å². The van der Waals surface area contributed by atoms with Gasteiger partial charge in [-0.15, -0.1) is 0 Å². The van der Waals surface area contributed by atoms with Gasteiger partial charge in [0, 0.05) is 57.2 Å². The predicted octanol–water partition coefficient (Wildman–Crippen LogP) is 4.29. The number of nitrogens with zero attached hydrogens (tertiary/aromatic N) is 3. The zero-order valence-corrected chi connectivity index (χ0v) is 20.4. The van der Waals surface area contributed by atoms with E-state index in [1.54, 1.807) is 35.4 Å². The van der Waals surface area contributed by atoms with Crippen LogP contribution in [-0.2, 0) is 4.74 Å². The van der Waals surface area contributed by atoms with Crippen molar-refractivity contribution in [2.24, 2.45) is 0 Å². The molecule has 1 aromatic heterocycles. The van der Waals surface area contributed by atoms with Crippen molar-refractivity contribution in [1.82, 2.24) is 15.2 Å². The van der Waals surface area contributed by atoms with E-state index in [1.165, 1.54) is 0 Å². The van der Waals surface area contributed by atoms with E-state index in [-0.39, 0.29) is 11.8 Å². The molecule has 0 spiro atoms. The Labute approximate surface area is 205 Å². The first-order valence-electron chi connectivity index (χ1n) is 11.3.